The van der Waals surface area contributed by atoms with Gasteiger partial charge in [0.1, 0.15) is 5.82 Å². The Morgan fingerprint density at radius 1 is 1.11 bits per heavy atom. The first kappa shape index (κ1) is 12.1. The summed E-state index contributed by atoms with van der Waals surface area (Å²) >= 11 is 5.38. The first-order valence-corrected chi connectivity index (χ1v) is 6.45. The Morgan fingerprint density at radius 2 is 1.89 bits per heavy atom. The Morgan fingerprint density at radius 3 is 2.63 bits per heavy atom. The second-order valence-corrected chi connectivity index (χ2v) is 5.05. The first-order valence-electron chi connectivity index (χ1n) is 6.05. The van der Waals surface area contributed by atoms with Gasteiger partial charge >= 0.3 is 0 Å². The number of benzene rings is 2. The number of aryl methyl sites for hydroxylation is 2. The van der Waals surface area contributed by atoms with Crippen molar-refractivity contribution < 1.29 is 4.39 Å². The number of imidazole rings is 1. The lowest BCUT2D eigenvalue weighted by molar-refractivity contribution is 0.618. The van der Waals surface area contributed by atoms with Gasteiger partial charge in [-0.25, -0.2) is 4.39 Å². The molecule has 3 rings (SSSR count). The minimum atomic E-state index is -0.203. The highest BCUT2D eigenvalue weighted by molar-refractivity contribution is 7.71. The third-order valence-electron chi connectivity index (χ3n) is 3.33. The van der Waals surface area contributed by atoms with Crippen molar-refractivity contribution in [3.8, 4) is 5.69 Å². The first-order chi connectivity index (χ1) is 9.08. The lowest BCUT2D eigenvalue weighted by Crippen LogP contribution is -1.95. The lowest BCUT2D eigenvalue weighted by Gasteiger charge is -2.06. The number of aromatic nitrogens is 2. The van der Waals surface area contributed by atoms with Crippen molar-refractivity contribution >= 4 is 23.3 Å². The standard InChI is InChI=1S/C15H13FN2S/c1-9-4-3-5-13-14(9)17-15(19)18(13)11-6-7-12(16)10(2)8-11/h3-8H,1-2H3,(H,17,19). The second kappa shape index (κ2) is 4.31. The van der Waals surface area contributed by atoms with Gasteiger partial charge in [-0.15, -0.1) is 0 Å². The zero-order valence-electron chi connectivity index (χ0n) is 10.7. The van der Waals surface area contributed by atoms with E-state index in [4.69, 9.17) is 12.2 Å². The highest BCUT2D eigenvalue weighted by atomic mass is 32.1. The van der Waals surface area contributed by atoms with Crippen molar-refractivity contribution in [3.63, 3.8) is 0 Å². The summed E-state index contributed by atoms with van der Waals surface area (Å²) < 4.78 is 15.9. The molecule has 0 spiro atoms. The average molecular weight is 272 g/mol. The largest absolute Gasteiger partial charge is 0.330 e. The van der Waals surface area contributed by atoms with Crippen LogP contribution in [-0.4, -0.2) is 9.55 Å². The third-order valence-corrected chi connectivity index (χ3v) is 3.61. The summed E-state index contributed by atoms with van der Waals surface area (Å²) in [5.41, 5.74) is 4.66. The van der Waals surface area contributed by atoms with Crippen LogP contribution in [0, 0.1) is 24.4 Å². The van der Waals surface area contributed by atoms with Crippen LogP contribution >= 0.6 is 12.2 Å². The van der Waals surface area contributed by atoms with Crippen molar-refractivity contribution in [1.29, 1.82) is 0 Å². The van der Waals surface area contributed by atoms with E-state index in [0.29, 0.717) is 10.3 Å². The number of H-pyrrole nitrogens is 1. The molecule has 1 N–H and O–H groups in total. The zero-order valence-corrected chi connectivity index (χ0v) is 11.5. The molecule has 0 aliphatic carbocycles. The summed E-state index contributed by atoms with van der Waals surface area (Å²) in [6, 6.07) is 11.1. The van der Waals surface area contributed by atoms with Crippen LogP contribution in [0.15, 0.2) is 36.4 Å². The van der Waals surface area contributed by atoms with E-state index in [1.54, 1.807) is 19.1 Å². The predicted molar refractivity (Wildman–Crippen MR) is 77.9 cm³/mol. The van der Waals surface area contributed by atoms with Crippen LogP contribution in [0.1, 0.15) is 11.1 Å². The molecule has 3 aromatic rings. The maximum atomic E-state index is 13.4. The van der Waals surface area contributed by atoms with Crippen molar-refractivity contribution in [2.45, 2.75) is 13.8 Å². The molecular formula is C15H13FN2S. The molecule has 0 aliphatic rings. The van der Waals surface area contributed by atoms with E-state index < -0.39 is 0 Å². The van der Waals surface area contributed by atoms with Crippen LogP contribution in [0.2, 0.25) is 0 Å². The van der Waals surface area contributed by atoms with Crippen molar-refractivity contribution in [2.75, 3.05) is 0 Å². The molecule has 0 amide bonds. The molecule has 0 atom stereocenters. The van der Waals surface area contributed by atoms with Crippen LogP contribution in [0.5, 0.6) is 0 Å². The summed E-state index contributed by atoms with van der Waals surface area (Å²) in [6.45, 7) is 3.79. The number of rotatable bonds is 1. The summed E-state index contributed by atoms with van der Waals surface area (Å²) in [5.74, 6) is -0.203. The lowest BCUT2D eigenvalue weighted by atomic mass is 10.2. The Kier molecular flexibility index (Phi) is 2.75. The van der Waals surface area contributed by atoms with Crippen LogP contribution in [-0.2, 0) is 0 Å². The van der Waals surface area contributed by atoms with E-state index in [-0.39, 0.29) is 5.82 Å². The Hall–Kier alpha value is -1.94. The molecule has 19 heavy (non-hydrogen) atoms. The van der Waals surface area contributed by atoms with Gasteiger partial charge in [0.2, 0.25) is 0 Å². The van der Waals surface area contributed by atoms with Crippen LogP contribution in [0.4, 0.5) is 4.39 Å². The van der Waals surface area contributed by atoms with E-state index in [0.717, 1.165) is 22.3 Å². The summed E-state index contributed by atoms with van der Waals surface area (Å²) in [7, 11) is 0. The minimum absolute atomic E-state index is 0.203. The van der Waals surface area contributed by atoms with Crippen LogP contribution in [0.25, 0.3) is 16.7 Å². The number of nitrogens with zero attached hydrogens (tertiary/aromatic N) is 1. The maximum absolute atomic E-state index is 13.4. The normalized spacial score (nSPS) is 11.1. The fourth-order valence-electron chi connectivity index (χ4n) is 2.30. The molecule has 1 aromatic heterocycles. The molecule has 0 unspecified atom stereocenters. The molecule has 0 fully saturated rings. The van der Waals surface area contributed by atoms with E-state index in [1.807, 2.05) is 29.7 Å². The van der Waals surface area contributed by atoms with Crippen LogP contribution in [0.3, 0.4) is 0 Å². The molecular weight excluding hydrogens is 259 g/mol. The predicted octanol–water partition coefficient (Wildman–Crippen LogP) is 4.44. The van der Waals surface area contributed by atoms with Crippen molar-refractivity contribution in [2.24, 2.45) is 0 Å². The van der Waals surface area contributed by atoms with Gasteiger partial charge in [-0.05, 0) is 61.5 Å². The summed E-state index contributed by atoms with van der Waals surface area (Å²) in [6.07, 6.45) is 0. The number of nitrogens with one attached hydrogen (secondary N) is 1. The third kappa shape index (κ3) is 1.88. The molecule has 1 heterocycles. The number of halogens is 1. The Balaban J connectivity index is 2.36. The number of para-hydroxylation sites is 1. The quantitative estimate of drug-likeness (QED) is 0.649. The Bertz CT molecular complexity index is 830. The molecule has 2 nitrogen and oxygen atoms in total. The average Bonchev–Trinajstić information content (AvgIpc) is 2.71. The summed E-state index contributed by atoms with van der Waals surface area (Å²) in [4.78, 5) is 3.21. The van der Waals surface area contributed by atoms with Gasteiger partial charge in [0.05, 0.1) is 11.0 Å². The molecule has 0 bridgehead atoms. The molecule has 96 valence electrons. The zero-order chi connectivity index (χ0) is 13.6. The van der Waals surface area contributed by atoms with Crippen molar-refractivity contribution in [3.05, 3.63) is 58.1 Å². The smallest absolute Gasteiger partial charge is 0.182 e. The number of hydrogen-bond donors (Lipinski definition) is 1. The summed E-state index contributed by atoms with van der Waals surface area (Å²) in [5, 5.41) is 0. The minimum Gasteiger partial charge on any atom is -0.330 e. The van der Waals surface area contributed by atoms with Crippen LogP contribution < -0.4 is 0 Å². The van der Waals surface area contributed by atoms with E-state index in [9.17, 15) is 4.39 Å². The molecule has 4 heteroatoms. The topological polar surface area (TPSA) is 20.7 Å². The molecule has 0 saturated heterocycles. The highest BCUT2D eigenvalue weighted by Crippen LogP contribution is 2.23. The van der Waals surface area contributed by atoms with Gasteiger partial charge < -0.3 is 4.98 Å². The van der Waals surface area contributed by atoms with Crippen molar-refractivity contribution in [1.82, 2.24) is 9.55 Å². The van der Waals surface area contributed by atoms with Gasteiger partial charge in [0.25, 0.3) is 0 Å². The van der Waals surface area contributed by atoms with E-state index >= 15 is 0 Å². The molecule has 0 saturated carbocycles. The van der Waals surface area contributed by atoms with Gasteiger partial charge in [-0.2, -0.15) is 0 Å². The van der Waals surface area contributed by atoms with E-state index in [2.05, 4.69) is 4.98 Å². The van der Waals surface area contributed by atoms with E-state index in [1.165, 1.54) is 6.07 Å². The van der Waals surface area contributed by atoms with Gasteiger partial charge in [0.15, 0.2) is 4.77 Å². The number of fused-ring (bicyclic) bond motifs is 1. The highest BCUT2D eigenvalue weighted by Gasteiger charge is 2.09. The second-order valence-electron chi connectivity index (χ2n) is 4.67. The molecule has 0 aliphatic heterocycles. The maximum Gasteiger partial charge on any atom is 0.182 e. The van der Waals surface area contributed by atoms with Gasteiger partial charge in [0, 0.05) is 5.69 Å². The SMILES string of the molecule is Cc1cc(-n2c(=S)[nH]c3c(C)cccc32)ccc1F. The Labute approximate surface area is 115 Å². The number of aromatic amines is 1. The van der Waals surface area contributed by atoms with Gasteiger partial charge in [-0.3, -0.25) is 4.57 Å². The van der Waals surface area contributed by atoms with Gasteiger partial charge in [-0.1, -0.05) is 12.1 Å². The fraction of sp³-hybridized carbons (Fsp3) is 0.133. The number of hydrogen-bond acceptors (Lipinski definition) is 1. The monoisotopic (exact) mass is 272 g/mol. The molecule has 2 aromatic carbocycles. The fourth-order valence-corrected chi connectivity index (χ4v) is 2.60. The molecule has 0 radical (unpaired) electrons.